The molecular formula is C15H23N3O2. The van der Waals surface area contributed by atoms with Crippen LogP contribution < -0.4 is 11.5 Å². The average Bonchev–Trinajstić information content (AvgIpc) is 2.37. The summed E-state index contributed by atoms with van der Waals surface area (Å²) >= 11 is 0. The Bertz CT molecular complexity index is 455. The van der Waals surface area contributed by atoms with Gasteiger partial charge in [-0.05, 0) is 30.0 Å². The van der Waals surface area contributed by atoms with Gasteiger partial charge in [-0.15, -0.1) is 0 Å². The van der Waals surface area contributed by atoms with Crippen LogP contribution in [0.15, 0.2) is 24.3 Å². The van der Waals surface area contributed by atoms with Crippen LogP contribution in [0.25, 0.3) is 0 Å². The van der Waals surface area contributed by atoms with Gasteiger partial charge in [0.15, 0.2) is 0 Å². The third kappa shape index (κ3) is 5.73. The molecule has 0 bridgehead atoms. The van der Waals surface area contributed by atoms with Crippen molar-refractivity contribution in [3.63, 3.8) is 0 Å². The molecular weight excluding hydrogens is 254 g/mol. The fourth-order valence-corrected chi connectivity index (χ4v) is 1.83. The van der Waals surface area contributed by atoms with Gasteiger partial charge in [0.25, 0.3) is 0 Å². The number of rotatable bonds is 7. The fourth-order valence-electron chi connectivity index (χ4n) is 1.83. The Labute approximate surface area is 119 Å². The molecule has 0 atom stereocenters. The Morgan fingerprint density at radius 2 is 1.80 bits per heavy atom. The van der Waals surface area contributed by atoms with Gasteiger partial charge in [0.2, 0.25) is 11.8 Å². The molecule has 4 N–H and O–H groups in total. The fraction of sp³-hybridized carbons (Fsp3) is 0.467. The van der Waals surface area contributed by atoms with Crippen LogP contribution in [-0.2, 0) is 16.1 Å². The molecule has 5 heteroatoms. The zero-order chi connectivity index (χ0) is 15.1. The van der Waals surface area contributed by atoms with Gasteiger partial charge in [0.1, 0.15) is 0 Å². The molecule has 2 amide bonds. The number of carbonyl (C=O) groups excluding carboxylic acids is 2. The highest BCUT2D eigenvalue weighted by molar-refractivity contribution is 5.83. The number of primary amides is 1. The Balaban J connectivity index is 2.70. The molecule has 0 fully saturated rings. The van der Waals surface area contributed by atoms with Crippen molar-refractivity contribution >= 4 is 17.5 Å². The molecule has 0 spiro atoms. The van der Waals surface area contributed by atoms with Crippen molar-refractivity contribution in [3.8, 4) is 0 Å². The van der Waals surface area contributed by atoms with E-state index in [1.54, 1.807) is 12.1 Å². The minimum absolute atomic E-state index is 0.0469. The highest BCUT2D eigenvalue weighted by Gasteiger charge is 2.16. The van der Waals surface area contributed by atoms with E-state index in [1.807, 2.05) is 12.1 Å². The number of nitrogen functional groups attached to an aromatic ring is 1. The molecule has 0 saturated heterocycles. The second-order valence-corrected chi connectivity index (χ2v) is 5.39. The van der Waals surface area contributed by atoms with Crippen LogP contribution >= 0.6 is 0 Å². The Kier molecular flexibility index (Phi) is 6.03. The zero-order valence-electron chi connectivity index (χ0n) is 12.1. The molecule has 1 rings (SSSR count). The lowest BCUT2D eigenvalue weighted by atomic mass is 10.1. The Hall–Kier alpha value is -2.04. The molecule has 5 nitrogen and oxygen atoms in total. The Morgan fingerprint density at radius 3 is 2.30 bits per heavy atom. The molecule has 0 saturated carbocycles. The van der Waals surface area contributed by atoms with E-state index in [9.17, 15) is 9.59 Å². The number of anilines is 1. The summed E-state index contributed by atoms with van der Waals surface area (Å²) in [6, 6.07) is 7.24. The molecule has 0 radical (unpaired) electrons. The van der Waals surface area contributed by atoms with Gasteiger partial charge < -0.3 is 16.4 Å². The predicted molar refractivity (Wildman–Crippen MR) is 79.5 cm³/mol. The summed E-state index contributed by atoms with van der Waals surface area (Å²) in [5.74, 6) is -0.0985. The standard InChI is InChI=1S/C15H23N3O2/c1-11(2)3-8-15(20)18(10-14(17)19)9-12-4-6-13(16)7-5-12/h4-7,11H,3,8-10,16H2,1-2H3,(H2,17,19). The van der Waals surface area contributed by atoms with Crippen molar-refractivity contribution in [2.75, 3.05) is 12.3 Å². The second kappa shape index (κ2) is 7.53. The van der Waals surface area contributed by atoms with Crippen molar-refractivity contribution < 1.29 is 9.59 Å². The van der Waals surface area contributed by atoms with Crippen LogP contribution in [0, 0.1) is 5.92 Å². The monoisotopic (exact) mass is 277 g/mol. The van der Waals surface area contributed by atoms with E-state index in [0.717, 1.165) is 12.0 Å². The number of hydrogen-bond acceptors (Lipinski definition) is 3. The molecule has 1 aromatic rings. The van der Waals surface area contributed by atoms with E-state index < -0.39 is 5.91 Å². The largest absolute Gasteiger partial charge is 0.399 e. The lowest BCUT2D eigenvalue weighted by molar-refractivity contribution is -0.136. The highest BCUT2D eigenvalue weighted by atomic mass is 16.2. The topological polar surface area (TPSA) is 89.4 Å². The van der Waals surface area contributed by atoms with E-state index in [4.69, 9.17) is 11.5 Å². The van der Waals surface area contributed by atoms with Gasteiger partial charge in [-0.25, -0.2) is 0 Å². The van der Waals surface area contributed by atoms with E-state index in [0.29, 0.717) is 24.6 Å². The van der Waals surface area contributed by atoms with Gasteiger partial charge >= 0.3 is 0 Å². The van der Waals surface area contributed by atoms with E-state index in [2.05, 4.69) is 13.8 Å². The van der Waals surface area contributed by atoms with Gasteiger partial charge in [-0.1, -0.05) is 26.0 Å². The summed E-state index contributed by atoms with van der Waals surface area (Å²) in [6.07, 6.45) is 1.23. The molecule has 1 aromatic carbocycles. The number of hydrogen-bond donors (Lipinski definition) is 2. The van der Waals surface area contributed by atoms with Crippen LogP contribution in [0.1, 0.15) is 32.3 Å². The van der Waals surface area contributed by atoms with Crippen molar-refractivity contribution in [2.24, 2.45) is 11.7 Å². The first-order valence-electron chi connectivity index (χ1n) is 6.79. The normalized spacial score (nSPS) is 10.6. The van der Waals surface area contributed by atoms with Gasteiger partial charge in [0, 0.05) is 18.7 Å². The van der Waals surface area contributed by atoms with Crippen LogP contribution in [0.3, 0.4) is 0 Å². The summed E-state index contributed by atoms with van der Waals surface area (Å²) in [4.78, 5) is 24.7. The molecule has 110 valence electrons. The second-order valence-electron chi connectivity index (χ2n) is 5.39. The van der Waals surface area contributed by atoms with E-state index in [1.165, 1.54) is 4.90 Å². The minimum atomic E-state index is -0.502. The first-order valence-corrected chi connectivity index (χ1v) is 6.79. The quantitative estimate of drug-likeness (QED) is 0.740. The number of nitrogens with zero attached hydrogens (tertiary/aromatic N) is 1. The summed E-state index contributed by atoms with van der Waals surface area (Å²) in [6.45, 7) is 4.44. The van der Waals surface area contributed by atoms with Crippen LogP contribution in [-0.4, -0.2) is 23.3 Å². The smallest absolute Gasteiger partial charge is 0.237 e. The van der Waals surface area contributed by atoms with Crippen LogP contribution in [0.4, 0.5) is 5.69 Å². The third-order valence-corrected chi connectivity index (χ3v) is 2.99. The van der Waals surface area contributed by atoms with E-state index in [-0.39, 0.29) is 12.5 Å². The summed E-state index contributed by atoms with van der Waals surface area (Å²) in [5.41, 5.74) is 12.4. The lowest BCUT2D eigenvalue weighted by Crippen LogP contribution is -2.38. The molecule has 20 heavy (non-hydrogen) atoms. The molecule has 0 aliphatic rings. The number of benzene rings is 1. The molecule has 0 unspecified atom stereocenters. The van der Waals surface area contributed by atoms with Crippen molar-refractivity contribution in [1.29, 1.82) is 0 Å². The van der Waals surface area contributed by atoms with Crippen LogP contribution in [0.2, 0.25) is 0 Å². The highest BCUT2D eigenvalue weighted by Crippen LogP contribution is 2.11. The number of nitrogens with two attached hydrogens (primary N) is 2. The molecule has 0 heterocycles. The van der Waals surface area contributed by atoms with Gasteiger partial charge in [-0.2, -0.15) is 0 Å². The number of amides is 2. The van der Waals surface area contributed by atoms with Crippen molar-refractivity contribution in [2.45, 2.75) is 33.2 Å². The minimum Gasteiger partial charge on any atom is -0.399 e. The molecule has 0 aliphatic heterocycles. The maximum atomic E-state index is 12.1. The van der Waals surface area contributed by atoms with Gasteiger partial charge in [0.05, 0.1) is 6.54 Å². The van der Waals surface area contributed by atoms with E-state index >= 15 is 0 Å². The Morgan fingerprint density at radius 1 is 1.20 bits per heavy atom. The van der Waals surface area contributed by atoms with Crippen molar-refractivity contribution in [1.82, 2.24) is 4.90 Å². The average molecular weight is 277 g/mol. The van der Waals surface area contributed by atoms with Gasteiger partial charge in [-0.3, -0.25) is 9.59 Å². The first-order chi connectivity index (χ1) is 9.38. The number of carbonyl (C=O) groups is 2. The molecule has 0 aliphatic carbocycles. The summed E-state index contributed by atoms with van der Waals surface area (Å²) < 4.78 is 0. The zero-order valence-corrected chi connectivity index (χ0v) is 12.1. The molecule has 0 aromatic heterocycles. The predicted octanol–water partition coefficient (Wildman–Crippen LogP) is 1.52. The maximum absolute atomic E-state index is 12.1. The van der Waals surface area contributed by atoms with Crippen LogP contribution in [0.5, 0.6) is 0 Å². The summed E-state index contributed by atoms with van der Waals surface area (Å²) in [7, 11) is 0. The third-order valence-electron chi connectivity index (χ3n) is 2.99. The summed E-state index contributed by atoms with van der Waals surface area (Å²) in [5, 5.41) is 0. The van der Waals surface area contributed by atoms with Crippen molar-refractivity contribution in [3.05, 3.63) is 29.8 Å². The SMILES string of the molecule is CC(C)CCC(=O)N(CC(N)=O)Cc1ccc(N)cc1. The maximum Gasteiger partial charge on any atom is 0.237 e. The lowest BCUT2D eigenvalue weighted by Gasteiger charge is -2.22. The first kappa shape index (κ1) is 16.0.